The zero-order chi connectivity index (χ0) is 22.8. The zero-order valence-electron chi connectivity index (χ0n) is 21.4. The molecule has 1 heterocycles. The van der Waals surface area contributed by atoms with Crippen LogP contribution >= 0.6 is 0 Å². The standard InChI is InChI=1S/C30H49N2/c1-5-6-7-8-9-10-11-15-27-16-18-28(19-17-27)25-31(3)29-20-22-30(23-21-29)32(4)24-13-12-14-26(32)2/h12-14,16-19,24,26,29-30H,5-11,15,20-23,25H2,1-4H3/q+1/t26-,29?,30?,32+/m0/s1. The Hall–Kier alpha value is -1.38. The van der Waals surface area contributed by atoms with Crippen molar-refractivity contribution in [3.05, 3.63) is 59.8 Å². The average molecular weight is 438 g/mol. The maximum atomic E-state index is 2.61. The predicted molar refractivity (Wildman–Crippen MR) is 140 cm³/mol. The highest BCUT2D eigenvalue weighted by Crippen LogP contribution is 2.33. The highest BCUT2D eigenvalue weighted by atomic mass is 15.4. The highest BCUT2D eigenvalue weighted by molar-refractivity contribution is 5.22. The molecule has 1 aromatic rings. The van der Waals surface area contributed by atoms with E-state index in [1.54, 1.807) is 0 Å². The van der Waals surface area contributed by atoms with Gasteiger partial charge in [0.25, 0.3) is 0 Å². The van der Waals surface area contributed by atoms with Crippen molar-refractivity contribution in [2.75, 3.05) is 14.1 Å². The molecule has 1 aliphatic carbocycles. The summed E-state index contributed by atoms with van der Waals surface area (Å²) in [6.45, 7) is 5.74. The maximum absolute atomic E-state index is 2.61. The minimum atomic E-state index is 0.596. The monoisotopic (exact) mass is 437 g/mol. The lowest BCUT2D eigenvalue weighted by Gasteiger charge is -2.46. The molecule has 0 spiro atoms. The SMILES string of the molecule is CCCCCCCCCc1ccc(CN(C)C2CCC([N@+]3(C)C=CC=C[C@@H]3C)CC2)cc1. The van der Waals surface area contributed by atoms with E-state index in [-0.39, 0.29) is 0 Å². The van der Waals surface area contributed by atoms with E-state index in [1.807, 2.05) is 0 Å². The van der Waals surface area contributed by atoms with Gasteiger partial charge in [-0.3, -0.25) is 9.38 Å². The zero-order valence-corrected chi connectivity index (χ0v) is 21.4. The topological polar surface area (TPSA) is 3.24 Å². The molecular weight excluding hydrogens is 388 g/mol. The molecule has 0 bridgehead atoms. The summed E-state index contributed by atoms with van der Waals surface area (Å²) < 4.78 is 1.09. The predicted octanol–water partition coefficient (Wildman–Crippen LogP) is 7.64. The lowest BCUT2D eigenvalue weighted by atomic mass is 9.87. The molecule has 1 saturated carbocycles. The summed E-state index contributed by atoms with van der Waals surface area (Å²) in [6, 6.07) is 11.6. The van der Waals surface area contributed by atoms with E-state index < -0.39 is 0 Å². The molecule has 0 unspecified atom stereocenters. The van der Waals surface area contributed by atoms with Crippen LogP contribution in [0.15, 0.2) is 48.7 Å². The molecule has 0 amide bonds. The maximum Gasteiger partial charge on any atom is 0.109 e. The van der Waals surface area contributed by atoms with Crippen molar-refractivity contribution < 1.29 is 4.48 Å². The smallest absolute Gasteiger partial charge is 0.109 e. The Labute approximate surface area is 199 Å². The van der Waals surface area contributed by atoms with E-state index in [4.69, 9.17) is 0 Å². The molecule has 32 heavy (non-hydrogen) atoms. The van der Waals surface area contributed by atoms with Gasteiger partial charge in [0.15, 0.2) is 0 Å². The van der Waals surface area contributed by atoms with Crippen LogP contribution in [0.2, 0.25) is 0 Å². The first kappa shape index (κ1) is 25.2. The summed E-state index contributed by atoms with van der Waals surface area (Å²) in [5, 5.41) is 0. The van der Waals surface area contributed by atoms with Crippen molar-refractivity contribution in [3.63, 3.8) is 0 Å². The van der Waals surface area contributed by atoms with Crippen LogP contribution < -0.4 is 0 Å². The van der Waals surface area contributed by atoms with Crippen molar-refractivity contribution in [1.82, 2.24) is 4.90 Å². The molecule has 2 heteroatoms. The Morgan fingerprint density at radius 2 is 1.47 bits per heavy atom. The molecule has 0 aromatic heterocycles. The van der Waals surface area contributed by atoms with Gasteiger partial charge in [-0.05, 0) is 62.9 Å². The molecule has 2 aliphatic rings. The molecule has 0 N–H and O–H groups in total. The van der Waals surface area contributed by atoms with Crippen molar-refractivity contribution in [2.45, 2.75) is 116 Å². The molecule has 178 valence electrons. The minimum Gasteiger partial charge on any atom is -0.299 e. The van der Waals surface area contributed by atoms with Gasteiger partial charge in [-0.1, -0.05) is 75.8 Å². The van der Waals surface area contributed by atoms with Crippen LogP contribution in [-0.2, 0) is 13.0 Å². The number of benzene rings is 1. The molecule has 2 nitrogen and oxygen atoms in total. The number of quaternary nitrogens is 1. The first-order valence-corrected chi connectivity index (χ1v) is 13.5. The first-order valence-electron chi connectivity index (χ1n) is 13.5. The summed E-state index contributed by atoms with van der Waals surface area (Å²) in [7, 11) is 4.76. The molecule has 0 saturated heterocycles. The second-order valence-electron chi connectivity index (χ2n) is 10.8. The van der Waals surface area contributed by atoms with Gasteiger partial charge in [0.1, 0.15) is 6.04 Å². The summed E-state index contributed by atoms with van der Waals surface area (Å²) in [5.74, 6) is 0. The molecular formula is C30H49N2+. The van der Waals surface area contributed by atoms with Crippen molar-refractivity contribution in [3.8, 4) is 0 Å². The van der Waals surface area contributed by atoms with E-state index in [9.17, 15) is 0 Å². The van der Waals surface area contributed by atoms with Crippen LogP contribution in [0.3, 0.4) is 0 Å². The number of rotatable bonds is 12. The summed E-state index contributed by atoms with van der Waals surface area (Å²) >= 11 is 0. The number of unbranched alkanes of at least 4 members (excludes halogenated alkanes) is 6. The lowest BCUT2D eigenvalue weighted by molar-refractivity contribution is -0.903. The van der Waals surface area contributed by atoms with Gasteiger partial charge < -0.3 is 0 Å². The van der Waals surface area contributed by atoms with Gasteiger partial charge in [-0.25, -0.2) is 0 Å². The van der Waals surface area contributed by atoms with E-state index in [2.05, 4.69) is 81.5 Å². The van der Waals surface area contributed by atoms with Crippen LogP contribution in [0.5, 0.6) is 0 Å². The van der Waals surface area contributed by atoms with Crippen molar-refractivity contribution >= 4 is 0 Å². The van der Waals surface area contributed by atoms with Gasteiger partial charge >= 0.3 is 0 Å². The number of allylic oxidation sites excluding steroid dienone is 2. The van der Waals surface area contributed by atoms with E-state index >= 15 is 0 Å². The van der Waals surface area contributed by atoms with Crippen LogP contribution in [0.25, 0.3) is 0 Å². The third kappa shape index (κ3) is 7.06. The van der Waals surface area contributed by atoms with Gasteiger partial charge in [-0.15, -0.1) is 0 Å². The summed E-state index contributed by atoms with van der Waals surface area (Å²) in [4.78, 5) is 2.61. The van der Waals surface area contributed by atoms with E-state index in [0.29, 0.717) is 6.04 Å². The Balaban J connectivity index is 1.37. The highest BCUT2D eigenvalue weighted by Gasteiger charge is 2.39. The molecule has 1 aromatic carbocycles. The second-order valence-corrected chi connectivity index (χ2v) is 10.8. The molecule has 2 atom stereocenters. The Morgan fingerprint density at radius 3 is 2.12 bits per heavy atom. The van der Waals surface area contributed by atoms with Crippen LogP contribution in [0.4, 0.5) is 0 Å². The molecule has 0 radical (unpaired) electrons. The molecule has 3 rings (SSSR count). The third-order valence-corrected chi connectivity index (χ3v) is 8.39. The normalized spacial score (nSPS) is 27.8. The lowest BCUT2D eigenvalue weighted by Crippen LogP contribution is -2.55. The van der Waals surface area contributed by atoms with Crippen LogP contribution in [-0.4, -0.2) is 41.6 Å². The fourth-order valence-electron chi connectivity index (χ4n) is 5.81. The molecule has 1 aliphatic heterocycles. The second kappa shape index (κ2) is 12.8. The third-order valence-electron chi connectivity index (χ3n) is 8.39. The van der Waals surface area contributed by atoms with Gasteiger partial charge in [0.2, 0.25) is 0 Å². The number of likely N-dealkylation sites (N-methyl/N-ethyl adjacent to an activating group) is 1. The van der Waals surface area contributed by atoms with E-state index in [1.165, 1.54) is 88.2 Å². The number of aryl methyl sites for hydroxylation is 1. The van der Waals surface area contributed by atoms with Gasteiger partial charge in [0.05, 0.1) is 19.3 Å². The molecule has 1 fully saturated rings. The van der Waals surface area contributed by atoms with Crippen molar-refractivity contribution in [1.29, 1.82) is 0 Å². The number of hydrogen-bond donors (Lipinski definition) is 0. The number of hydrogen-bond acceptors (Lipinski definition) is 1. The van der Waals surface area contributed by atoms with Crippen molar-refractivity contribution in [2.24, 2.45) is 0 Å². The fourth-order valence-corrected chi connectivity index (χ4v) is 5.81. The van der Waals surface area contributed by atoms with Gasteiger partial charge in [0, 0.05) is 25.4 Å². The average Bonchev–Trinajstić information content (AvgIpc) is 2.81. The first-order chi connectivity index (χ1) is 15.5. The Kier molecular flexibility index (Phi) is 10.1. The van der Waals surface area contributed by atoms with Gasteiger partial charge in [-0.2, -0.15) is 0 Å². The number of nitrogens with zero attached hydrogens (tertiary/aromatic N) is 2. The van der Waals surface area contributed by atoms with E-state index in [0.717, 1.165) is 23.1 Å². The summed E-state index contributed by atoms with van der Waals surface area (Å²) in [6.07, 6.45) is 25.6. The van der Waals surface area contributed by atoms with Crippen LogP contribution in [0, 0.1) is 0 Å². The Morgan fingerprint density at radius 1 is 0.844 bits per heavy atom. The quantitative estimate of drug-likeness (QED) is 0.240. The Bertz CT molecular complexity index is 711. The largest absolute Gasteiger partial charge is 0.299 e. The minimum absolute atomic E-state index is 0.596. The van der Waals surface area contributed by atoms with Crippen LogP contribution in [0.1, 0.15) is 95.6 Å². The fraction of sp³-hybridized carbons (Fsp3) is 0.667. The summed E-state index contributed by atoms with van der Waals surface area (Å²) in [5.41, 5.74) is 2.98.